The number of allylic oxidation sites excluding steroid dienone is 1. The van der Waals surface area contributed by atoms with Crippen LogP contribution in [0.1, 0.15) is 33.4 Å². The summed E-state index contributed by atoms with van der Waals surface area (Å²) in [5.41, 5.74) is 4.54. The molecule has 4 aromatic carbocycles. The lowest BCUT2D eigenvalue weighted by molar-refractivity contribution is 0.0139. The lowest BCUT2D eigenvalue weighted by atomic mass is 9.65. The van der Waals surface area contributed by atoms with E-state index in [1.807, 2.05) is 115 Å². The van der Waals surface area contributed by atoms with Crippen LogP contribution < -0.4 is 4.74 Å². The Morgan fingerprint density at radius 3 is 1.96 bits per heavy atom. The molecule has 1 aliphatic heterocycles. The van der Waals surface area contributed by atoms with Crippen molar-refractivity contribution in [2.75, 3.05) is 27.3 Å². The molecule has 0 saturated carbocycles. The van der Waals surface area contributed by atoms with Crippen molar-refractivity contribution >= 4 is 20.1 Å². The fourth-order valence-corrected chi connectivity index (χ4v) is 8.02. The van der Waals surface area contributed by atoms with Gasteiger partial charge in [-0.15, -0.1) is 6.58 Å². The number of aliphatic hydroxyl groups is 2. The molecular formula is C40H40NO4P. The molecule has 2 aliphatic rings. The molecule has 1 heterocycles. The van der Waals surface area contributed by atoms with Crippen LogP contribution in [-0.2, 0) is 22.2 Å². The van der Waals surface area contributed by atoms with E-state index in [0.717, 1.165) is 39.0 Å². The van der Waals surface area contributed by atoms with Gasteiger partial charge in [-0.25, -0.2) is 0 Å². The first kappa shape index (κ1) is 31.7. The number of rotatable bonds is 10. The fourth-order valence-electron chi connectivity index (χ4n) is 7.31. The van der Waals surface area contributed by atoms with Crippen LogP contribution in [0.3, 0.4) is 0 Å². The Hall–Kier alpha value is -4.25. The third-order valence-electron chi connectivity index (χ3n) is 9.42. The van der Waals surface area contributed by atoms with E-state index in [4.69, 9.17) is 9.47 Å². The quantitative estimate of drug-likeness (QED) is 0.142. The summed E-state index contributed by atoms with van der Waals surface area (Å²) in [6.07, 6.45) is 10.2. The molecule has 2 N–H and O–H groups in total. The molecule has 46 heavy (non-hydrogen) atoms. The molecular weight excluding hydrogens is 589 g/mol. The van der Waals surface area contributed by atoms with E-state index in [-0.39, 0.29) is 11.8 Å². The van der Waals surface area contributed by atoms with Crippen LogP contribution >= 0.6 is 8.20 Å². The van der Waals surface area contributed by atoms with Crippen molar-refractivity contribution in [3.8, 4) is 5.75 Å². The Morgan fingerprint density at radius 1 is 0.848 bits per heavy atom. The van der Waals surface area contributed by atoms with Crippen LogP contribution in [0.5, 0.6) is 5.75 Å². The highest BCUT2D eigenvalue weighted by Crippen LogP contribution is 2.54. The minimum Gasteiger partial charge on any atom is -0.496 e. The number of hydrogen-bond donors (Lipinski definition) is 2. The van der Waals surface area contributed by atoms with Crippen LogP contribution in [0.4, 0.5) is 0 Å². The van der Waals surface area contributed by atoms with Gasteiger partial charge in [-0.1, -0.05) is 124 Å². The Labute approximate surface area is 273 Å². The maximum Gasteiger partial charge on any atom is 0.156 e. The van der Waals surface area contributed by atoms with Gasteiger partial charge in [0.2, 0.25) is 0 Å². The van der Waals surface area contributed by atoms with Crippen LogP contribution in [0.2, 0.25) is 0 Å². The zero-order valence-electron chi connectivity index (χ0n) is 26.3. The molecule has 4 aromatic rings. The number of ether oxygens (including phenoxy) is 2. The highest BCUT2D eigenvalue weighted by molar-refractivity contribution is 7.38. The normalized spacial score (nSPS) is 19.5. The van der Waals surface area contributed by atoms with Crippen molar-refractivity contribution in [3.63, 3.8) is 0 Å². The third-order valence-corrected chi connectivity index (χ3v) is 10.4. The standard InChI is InChI=1S/C40H40NO4P/c1-5-25-41-26-31-33(39(42,28-15-9-6-10-16-28)29-17-11-7-12-18-29)21-23-35(44-2)37(31)38-32(27-41)34(22-24-36(38)45-3)40(43,46-4)30-19-13-8-14-20-30/h5-24,31,33,42-43H,1,4,25-27H2,2-3H3/t31-,33-,40?/m0/s1. The van der Waals surface area contributed by atoms with Crippen molar-refractivity contribution in [2.45, 2.75) is 17.5 Å². The van der Waals surface area contributed by atoms with Gasteiger partial charge in [0.15, 0.2) is 5.34 Å². The largest absolute Gasteiger partial charge is 0.496 e. The number of fused-ring (bicyclic) bond motifs is 3. The SMILES string of the molecule is C=CCN1Cc2c(C(O)(P=C)c3ccccc3)ccc(OC)c2C2=C(OC)C=C[C@H](C(O)(c3ccccc3)c3ccccc3)[C@@H]2C1. The van der Waals surface area contributed by atoms with Crippen LogP contribution in [0.25, 0.3) is 5.57 Å². The molecule has 0 spiro atoms. The lowest BCUT2D eigenvalue weighted by Gasteiger charge is -2.43. The van der Waals surface area contributed by atoms with Gasteiger partial charge in [-0.3, -0.25) is 4.90 Å². The van der Waals surface area contributed by atoms with E-state index >= 15 is 0 Å². The second-order valence-corrected chi connectivity index (χ2v) is 12.8. The molecule has 0 saturated heterocycles. The molecule has 0 radical (unpaired) electrons. The van der Waals surface area contributed by atoms with Crippen molar-refractivity contribution in [1.82, 2.24) is 4.90 Å². The Morgan fingerprint density at radius 2 is 1.43 bits per heavy atom. The molecule has 0 aromatic heterocycles. The van der Waals surface area contributed by atoms with E-state index in [0.29, 0.717) is 39.3 Å². The van der Waals surface area contributed by atoms with Crippen LogP contribution in [-0.4, -0.2) is 48.7 Å². The Kier molecular flexibility index (Phi) is 9.13. The van der Waals surface area contributed by atoms with Gasteiger partial charge in [0.05, 0.1) is 14.2 Å². The Balaban J connectivity index is 1.65. The lowest BCUT2D eigenvalue weighted by Crippen LogP contribution is -2.44. The van der Waals surface area contributed by atoms with Crippen molar-refractivity contribution in [3.05, 3.63) is 167 Å². The highest BCUT2D eigenvalue weighted by atomic mass is 31.1. The smallest absolute Gasteiger partial charge is 0.156 e. The average molecular weight is 630 g/mol. The van der Waals surface area contributed by atoms with E-state index in [9.17, 15) is 10.2 Å². The van der Waals surface area contributed by atoms with Gasteiger partial charge in [-0.2, -0.15) is 0 Å². The number of benzene rings is 4. The van der Waals surface area contributed by atoms with Gasteiger partial charge in [-0.05, 0) is 34.4 Å². The fraction of sp³-hybridized carbons (Fsp3) is 0.225. The number of methoxy groups -OCH3 is 2. The second-order valence-electron chi connectivity index (χ2n) is 11.8. The summed E-state index contributed by atoms with van der Waals surface area (Å²) in [6, 6.07) is 33.4. The van der Waals surface area contributed by atoms with Gasteiger partial charge in [0.1, 0.15) is 17.1 Å². The van der Waals surface area contributed by atoms with Crippen LogP contribution in [0, 0.1) is 11.8 Å². The molecule has 6 heteroatoms. The predicted molar refractivity (Wildman–Crippen MR) is 188 cm³/mol. The summed E-state index contributed by atoms with van der Waals surface area (Å²) < 4.78 is 12.2. The number of hydrogen-bond acceptors (Lipinski definition) is 5. The molecule has 6 rings (SSSR count). The van der Waals surface area contributed by atoms with Gasteiger partial charge < -0.3 is 19.7 Å². The number of nitrogens with zero attached hydrogens (tertiary/aromatic N) is 1. The van der Waals surface area contributed by atoms with Gasteiger partial charge in [0, 0.05) is 48.2 Å². The predicted octanol–water partition coefficient (Wildman–Crippen LogP) is 7.36. The van der Waals surface area contributed by atoms with Crippen molar-refractivity contribution in [1.29, 1.82) is 0 Å². The Bertz CT molecular complexity index is 1730. The second kappa shape index (κ2) is 13.2. The zero-order chi connectivity index (χ0) is 32.3. The van der Waals surface area contributed by atoms with Crippen molar-refractivity contribution in [2.24, 2.45) is 11.8 Å². The van der Waals surface area contributed by atoms with Gasteiger partial charge in [0.25, 0.3) is 0 Å². The molecule has 3 atom stereocenters. The van der Waals surface area contributed by atoms with Crippen molar-refractivity contribution < 1.29 is 19.7 Å². The average Bonchev–Trinajstić information content (AvgIpc) is 3.28. The minimum atomic E-state index is -1.37. The van der Waals surface area contributed by atoms with E-state index in [1.54, 1.807) is 14.2 Å². The maximum atomic E-state index is 13.1. The zero-order valence-corrected chi connectivity index (χ0v) is 27.2. The molecule has 234 valence electrons. The van der Waals surface area contributed by atoms with Crippen LogP contribution in [0.15, 0.2) is 134 Å². The summed E-state index contributed by atoms with van der Waals surface area (Å²) in [6.45, 7) is 5.82. The molecule has 0 amide bonds. The topological polar surface area (TPSA) is 62.2 Å². The van der Waals surface area contributed by atoms with E-state index < -0.39 is 10.9 Å². The minimum absolute atomic E-state index is 0.224. The molecule has 0 bridgehead atoms. The summed E-state index contributed by atoms with van der Waals surface area (Å²) >= 11 is 0. The maximum absolute atomic E-state index is 13.1. The molecule has 1 unspecified atom stereocenters. The summed E-state index contributed by atoms with van der Waals surface area (Å²) in [5, 5.41) is 24.2. The summed E-state index contributed by atoms with van der Waals surface area (Å²) in [4.78, 5) is 2.33. The monoisotopic (exact) mass is 629 g/mol. The van der Waals surface area contributed by atoms with E-state index in [2.05, 4.69) is 23.9 Å². The first-order valence-electron chi connectivity index (χ1n) is 15.5. The third kappa shape index (κ3) is 5.34. The van der Waals surface area contributed by atoms with E-state index in [1.165, 1.54) is 0 Å². The highest BCUT2D eigenvalue weighted by Gasteiger charge is 2.49. The first-order valence-corrected chi connectivity index (χ1v) is 16.6. The molecule has 0 fully saturated rings. The van der Waals surface area contributed by atoms with Gasteiger partial charge >= 0.3 is 0 Å². The molecule has 5 nitrogen and oxygen atoms in total. The summed E-state index contributed by atoms with van der Waals surface area (Å²) in [7, 11) is 3.90. The first-order chi connectivity index (χ1) is 22.4. The summed E-state index contributed by atoms with van der Waals surface area (Å²) in [5.74, 6) is 0.786. The molecule has 1 aliphatic carbocycles.